The summed E-state index contributed by atoms with van der Waals surface area (Å²) in [7, 11) is 2.03. The molecule has 1 saturated heterocycles. The van der Waals surface area contributed by atoms with Crippen LogP contribution in [0.3, 0.4) is 0 Å². The Bertz CT molecular complexity index is 820. The first-order chi connectivity index (χ1) is 11.7. The first kappa shape index (κ1) is 15.4. The van der Waals surface area contributed by atoms with Gasteiger partial charge in [-0.1, -0.05) is 0 Å². The smallest absolute Gasteiger partial charge is 0.267 e. The Morgan fingerprint density at radius 1 is 1.54 bits per heavy atom. The number of hydrogen-bond donors (Lipinski definition) is 2. The fraction of sp³-hybridized carbons (Fsp3) is 0.412. The van der Waals surface area contributed by atoms with E-state index >= 15 is 0 Å². The molecule has 0 aliphatic carbocycles. The molecule has 4 heterocycles. The minimum atomic E-state index is -0.0130. The van der Waals surface area contributed by atoms with Crippen molar-refractivity contribution >= 4 is 27.5 Å². The van der Waals surface area contributed by atoms with E-state index in [1.165, 1.54) is 0 Å². The number of imidazole rings is 1. The molecule has 0 spiro atoms. The second-order valence-corrected chi connectivity index (χ2v) is 7.38. The number of fused-ring (bicyclic) bond motifs is 1. The van der Waals surface area contributed by atoms with Crippen molar-refractivity contribution in [1.29, 1.82) is 0 Å². The maximum atomic E-state index is 12.3. The van der Waals surface area contributed by atoms with Crippen LogP contribution in [0.1, 0.15) is 22.7 Å². The minimum absolute atomic E-state index is 0.0130. The zero-order chi connectivity index (χ0) is 16.5. The van der Waals surface area contributed by atoms with Gasteiger partial charge in [-0.3, -0.25) is 9.69 Å². The van der Waals surface area contributed by atoms with Gasteiger partial charge in [-0.05, 0) is 36.4 Å². The molecule has 1 unspecified atom stereocenters. The molecular formula is C17H21N5OS. The topological polar surface area (TPSA) is 66.0 Å². The average Bonchev–Trinajstić information content (AvgIpc) is 3.30. The van der Waals surface area contributed by atoms with Crippen LogP contribution >= 0.6 is 11.3 Å². The number of aryl methyl sites for hydroxylation is 1. The van der Waals surface area contributed by atoms with Crippen molar-refractivity contribution in [2.75, 3.05) is 19.6 Å². The van der Waals surface area contributed by atoms with E-state index in [9.17, 15) is 4.79 Å². The van der Waals surface area contributed by atoms with E-state index in [4.69, 9.17) is 0 Å². The number of likely N-dealkylation sites (tertiary alicyclic amines) is 1. The number of thiophene rings is 1. The van der Waals surface area contributed by atoms with Crippen LogP contribution in [0.15, 0.2) is 29.9 Å². The molecule has 3 aromatic rings. The summed E-state index contributed by atoms with van der Waals surface area (Å²) in [5, 5.41) is 5.09. The number of nitrogens with zero attached hydrogens (tertiary/aromatic N) is 3. The molecule has 0 radical (unpaired) electrons. The number of aromatic amines is 1. The van der Waals surface area contributed by atoms with Gasteiger partial charge in [0, 0.05) is 32.5 Å². The van der Waals surface area contributed by atoms with Gasteiger partial charge in [0.2, 0.25) is 0 Å². The molecule has 2 N–H and O–H groups in total. The Kier molecular flexibility index (Phi) is 4.12. The van der Waals surface area contributed by atoms with Gasteiger partial charge in [0.1, 0.15) is 11.5 Å². The molecule has 1 aliphatic heterocycles. The van der Waals surface area contributed by atoms with Gasteiger partial charge in [-0.25, -0.2) is 4.98 Å². The average molecular weight is 343 g/mol. The van der Waals surface area contributed by atoms with Gasteiger partial charge in [-0.2, -0.15) is 0 Å². The zero-order valence-electron chi connectivity index (χ0n) is 13.7. The van der Waals surface area contributed by atoms with Crippen molar-refractivity contribution in [1.82, 2.24) is 24.8 Å². The van der Waals surface area contributed by atoms with Gasteiger partial charge < -0.3 is 14.9 Å². The number of amides is 1. The first-order valence-electron chi connectivity index (χ1n) is 8.22. The van der Waals surface area contributed by atoms with Gasteiger partial charge in [0.25, 0.3) is 5.91 Å². The normalized spacial score (nSPS) is 18.5. The summed E-state index contributed by atoms with van der Waals surface area (Å²) in [4.78, 5) is 22.2. The van der Waals surface area contributed by atoms with E-state index in [0.29, 0.717) is 11.6 Å². The van der Waals surface area contributed by atoms with E-state index in [0.717, 1.165) is 48.6 Å². The highest BCUT2D eigenvalue weighted by atomic mass is 32.1. The van der Waals surface area contributed by atoms with Crippen molar-refractivity contribution in [2.45, 2.75) is 13.0 Å². The van der Waals surface area contributed by atoms with Crippen molar-refractivity contribution in [3.63, 3.8) is 0 Å². The maximum absolute atomic E-state index is 12.3. The number of H-pyrrole nitrogens is 1. The second kappa shape index (κ2) is 6.41. The number of rotatable bonds is 5. The minimum Gasteiger partial charge on any atom is -0.350 e. The van der Waals surface area contributed by atoms with Crippen molar-refractivity contribution in [3.8, 4) is 0 Å². The molecule has 126 valence electrons. The van der Waals surface area contributed by atoms with Crippen LogP contribution in [0.4, 0.5) is 0 Å². The van der Waals surface area contributed by atoms with Gasteiger partial charge in [-0.15, -0.1) is 11.3 Å². The Morgan fingerprint density at radius 3 is 3.25 bits per heavy atom. The second-order valence-electron chi connectivity index (χ2n) is 6.44. The predicted octanol–water partition coefficient (Wildman–Crippen LogP) is 2.21. The molecule has 4 rings (SSSR count). The standard InChI is InChI=1S/C17H21N5OS/c1-21-6-4-18-16(21)11-22-5-2-12(10-22)9-19-17(23)14-8-15-13(20-14)3-7-24-15/h3-4,6-8,12,20H,2,5,9-11H2,1H3,(H,19,23). The summed E-state index contributed by atoms with van der Waals surface area (Å²) in [6.45, 7) is 3.67. The molecule has 3 aromatic heterocycles. The number of carbonyl (C=O) groups is 1. The number of aromatic nitrogens is 3. The molecule has 7 heteroatoms. The molecule has 0 saturated carbocycles. The van der Waals surface area contributed by atoms with Crippen LogP contribution in [0.5, 0.6) is 0 Å². The van der Waals surface area contributed by atoms with E-state index in [1.54, 1.807) is 11.3 Å². The summed E-state index contributed by atoms with van der Waals surface area (Å²) in [6, 6.07) is 3.93. The summed E-state index contributed by atoms with van der Waals surface area (Å²) in [5.74, 6) is 1.58. The molecule has 24 heavy (non-hydrogen) atoms. The van der Waals surface area contributed by atoms with Crippen LogP contribution in [0.25, 0.3) is 10.2 Å². The highest BCUT2D eigenvalue weighted by molar-refractivity contribution is 7.17. The Hall–Kier alpha value is -2.12. The zero-order valence-corrected chi connectivity index (χ0v) is 14.5. The van der Waals surface area contributed by atoms with Gasteiger partial charge in [0.15, 0.2) is 0 Å². The van der Waals surface area contributed by atoms with E-state index in [-0.39, 0.29) is 5.91 Å². The Balaban J connectivity index is 1.28. The van der Waals surface area contributed by atoms with Crippen LogP contribution in [-0.2, 0) is 13.6 Å². The lowest BCUT2D eigenvalue weighted by atomic mass is 10.1. The van der Waals surface area contributed by atoms with Crippen LogP contribution < -0.4 is 5.32 Å². The molecule has 0 aromatic carbocycles. The van der Waals surface area contributed by atoms with Crippen LogP contribution in [0.2, 0.25) is 0 Å². The van der Waals surface area contributed by atoms with E-state index < -0.39 is 0 Å². The fourth-order valence-corrected chi connectivity index (χ4v) is 4.06. The Labute approximate surface area is 144 Å². The van der Waals surface area contributed by atoms with Gasteiger partial charge in [0.05, 0.1) is 16.8 Å². The summed E-state index contributed by atoms with van der Waals surface area (Å²) < 4.78 is 3.19. The molecule has 1 amide bonds. The van der Waals surface area contributed by atoms with Crippen molar-refractivity contribution in [3.05, 3.63) is 41.4 Å². The molecule has 1 atom stereocenters. The lowest BCUT2D eigenvalue weighted by Gasteiger charge is -2.16. The third-order valence-electron chi connectivity index (χ3n) is 4.69. The summed E-state index contributed by atoms with van der Waals surface area (Å²) in [6.07, 6.45) is 4.93. The fourth-order valence-electron chi connectivity index (χ4n) is 3.27. The van der Waals surface area contributed by atoms with Crippen LogP contribution in [-0.4, -0.2) is 45.0 Å². The summed E-state index contributed by atoms with van der Waals surface area (Å²) in [5.41, 5.74) is 1.69. The molecule has 0 bridgehead atoms. The molecule has 1 fully saturated rings. The molecule has 6 nitrogen and oxygen atoms in total. The molecular weight excluding hydrogens is 322 g/mol. The van der Waals surface area contributed by atoms with Crippen molar-refractivity contribution < 1.29 is 4.79 Å². The number of carbonyl (C=O) groups excluding carboxylic acids is 1. The highest BCUT2D eigenvalue weighted by Gasteiger charge is 2.24. The first-order valence-corrected chi connectivity index (χ1v) is 9.10. The number of nitrogens with one attached hydrogen (secondary N) is 2. The Morgan fingerprint density at radius 2 is 2.46 bits per heavy atom. The third-order valence-corrected chi connectivity index (χ3v) is 5.56. The summed E-state index contributed by atoms with van der Waals surface area (Å²) >= 11 is 1.65. The highest BCUT2D eigenvalue weighted by Crippen LogP contribution is 2.21. The predicted molar refractivity (Wildman–Crippen MR) is 95.1 cm³/mol. The lowest BCUT2D eigenvalue weighted by molar-refractivity contribution is 0.0943. The monoisotopic (exact) mass is 343 g/mol. The third kappa shape index (κ3) is 3.09. The molecule has 1 aliphatic rings. The van der Waals surface area contributed by atoms with Crippen LogP contribution in [0, 0.1) is 5.92 Å². The van der Waals surface area contributed by atoms with E-state index in [1.807, 2.05) is 37.0 Å². The van der Waals surface area contributed by atoms with E-state index in [2.05, 4.69) is 24.8 Å². The van der Waals surface area contributed by atoms with Crippen molar-refractivity contribution in [2.24, 2.45) is 13.0 Å². The SMILES string of the molecule is Cn1ccnc1CN1CCC(CNC(=O)c2cc3sccc3[nH]2)C1. The lowest BCUT2D eigenvalue weighted by Crippen LogP contribution is -2.31. The largest absolute Gasteiger partial charge is 0.350 e. The number of hydrogen-bond acceptors (Lipinski definition) is 4. The van der Waals surface area contributed by atoms with Gasteiger partial charge >= 0.3 is 0 Å². The maximum Gasteiger partial charge on any atom is 0.267 e. The quantitative estimate of drug-likeness (QED) is 0.746.